The van der Waals surface area contributed by atoms with Crippen LogP contribution in [0.2, 0.25) is 0 Å². The summed E-state index contributed by atoms with van der Waals surface area (Å²) >= 11 is 0. The van der Waals surface area contributed by atoms with E-state index >= 15 is 0 Å². The van der Waals surface area contributed by atoms with Gasteiger partial charge in [-0.15, -0.1) is 0 Å². The third-order valence-electron chi connectivity index (χ3n) is 2.85. The molecule has 0 N–H and O–H groups in total. The predicted octanol–water partition coefficient (Wildman–Crippen LogP) is 4.45. The highest BCUT2D eigenvalue weighted by atomic mass is 14.0. The average Bonchev–Trinajstić information content (AvgIpc) is 2.59. The molecule has 0 aliphatic heterocycles. The lowest BCUT2D eigenvalue weighted by atomic mass is 10.0. The van der Waals surface area contributed by atoms with Gasteiger partial charge in [-0.1, -0.05) is 66.3 Å². The molecule has 0 unspecified atom stereocenters. The number of benzene rings is 1. The van der Waals surface area contributed by atoms with Crippen molar-refractivity contribution < 1.29 is 0 Å². The molecule has 0 heterocycles. The molecular formula is C16H18. The molecule has 0 saturated heterocycles. The highest BCUT2D eigenvalue weighted by Gasteiger charge is 1.96. The molecule has 0 aromatic heterocycles. The maximum Gasteiger partial charge on any atom is -0.0160 e. The van der Waals surface area contributed by atoms with Crippen molar-refractivity contribution in [2.45, 2.75) is 25.7 Å². The SMILES string of the molecule is C1=CCC=C(CCCc2ccccc2)C=C1. The molecular weight excluding hydrogens is 192 g/mol. The Kier molecular flexibility index (Phi) is 4.18. The van der Waals surface area contributed by atoms with Gasteiger partial charge in [-0.05, 0) is 31.2 Å². The standard InChI is InChI=1S/C16H18/c1-2-5-10-15(9-4-1)13-8-14-16-11-6-3-7-12-16/h1-4,6-7,9-12H,5,8,13-14H2. The molecule has 2 rings (SSSR count). The summed E-state index contributed by atoms with van der Waals surface area (Å²) in [4.78, 5) is 0. The second-order valence-corrected chi connectivity index (χ2v) is 4.14. The first-order chi connectivity index (χ1) is 7.95. The van der Waals surface area contributed by atoms with Crippen LogP contribution in [0.1, 0.15) is 24.8 Å². The van der Waals surface area contributed by atoms with E-state index < -0.39 is 0 Å². The van der Waals surface area contributed by atoms with Crippen molar-refractivity contribution in [3.63, 3.8) is 0 Å². The Bertz CT molecular complexity index is 393. The highest BCUT2D eigenvalue weighted by Crippen LogP contribution is 2.14. The molecule has 0 nitrogen and oxygen atoms in total. The lowest BCUT2D eigenvalue weighted by Crippen LogP contribution is -1.86. The molecule has 1 aromatic carbocycles. The van der Waals surface area contributed by atoms with E-state index in [9.17, 15) is 0 Å². The monoisotopic (exact) mass is 210 g/mol. The van der Waals surface area contributed by atoms with Crippen molar-refractivity contribution in [1.29, 1.82) is 0 Å². The topological polar surface area (TPSA) is 0 Å². The number of aryl methyl sites for hydroxylation is 1. The highest BCUT2D eigenvalue weighted by molar-refractivity contribution is 5.26. The number of hydrogen-bond acceptors (Lipinski definition) is 0. The van der Waals surface area contributed by atoms with Gasteiger partial charge in [0.05, 0.1) is 0 Å². The fourth-order valence-corrected chi connectivity index (χ4v) is 1.95. The second-order valence-electron chi connectivity index (χ2n) is 4.14. The average molecular weight is 210 g/mol. The van der Waals surface area contributed by atoms with Gasteiger partial charge < -0.3 is 0 Å². The first kappa shape index (κ1) is 10.9. The normalized spacial score (nSPS) is 14.6. The van der Waals surface area contributed by atoms with Gasteiger partial charge in [0, 0.05) is 0 Å². The van der Waals surface area contributed by atoms with Crippen LogP contribution in [-0.2, 0) is 6.42 Å². The largest absolute Gasteiger partial charge is 0.0807 e. The second kappa shape index (κ2) is 6.12. The van der Waals surface area contributed by atoms with Crippen LogP contribution in [0.25, 0.3) is 0 Å². The lowest BCUT2D eigenvalue weighted by Gasteiger charge is -2.02. The summed E-state index contributed by atoms with van der Waals surface area (Å²) in [5, 5.41) is 0. The Morgan fingerprint density at radius 2 is 1.81 bits per heavy atom. The van der Waals surface area contributed by atoms with Crippen molar-refractivity contribution >= 4 is 0 Å². The summed E-state index contributed by atoms with van der Waals surface area (Å²) in [5.41, 5.74) is 2.92. The van der Waals surface area contributed by atoms with Gasteiger partial charge in [-0.2, -0.15) is 0 Å². The first-order valence-electron chi connectivity index (χ1n) is 6.01. The maximum absolute atomic E-state index is 2.32. The van der Waals surface area contributed by atoms with Gasteiger partial charge in [-0.25, -0.2) is 0 Å². The zero-order valence-corrected chi connectivity index (χ0v) is 9.60. The van der Waals surface area contributed by atoms with Crippen LogP contribution in [-0.4, -0.2) is 0 Å². The van der Waals surface area contributed by atoms with Gasteiger partial charge >= 0.3 is 0 Å². The molecule has 1 aliphatic carbocycles. The minimum absolute atomic E-state index is 1.08. The molecule has 0 bridgehead atoms. The van der Waals surface area contributed by atoms with Crippen molar-refractivity contribution in [3.05, 3.63) is 71.8 Å². The first-order valence-corrected chi connectivity index (χ1v) is 6.01. The molecule has 0 amide bonds. The van der Waals surface area contributed by atoms with Gasteiger partial charge in [0.1, 0.15) is 0 Å². The molecule has 0 heteroatoms. The fourth-order valence-electron chi connectivity index (χ4n) is 1.95. The van der Waals surface area contributed by atoms with Crippen molar-refractivity contribution in [3.8, 4) is 0 Å². The zero-order valence-electron chi connectivity index (χ0n) is 9.60. The molecule has 1 aliphatic rings. The Hall–Kier alpha value is -1.56. The Balaban J connectivity index is 1.78. The molecule has 0 spiro atoms. The van der Waals surface area contributed by atoms with Crippen molar-refractivity contribution in [1.82, 2.24) is 0 Å². The number of hydrogen-bond donors (Lipinski definition) is 0. The molecule has 0 atom stereocenters. The Morgan fingerprint density at radius 3 is 2.69 bits per heavy atom. The van der Waals surface area contributed by atoms with Gasteiger partial charge in [0.2, 0.25) is 0 Å². The van der Waals surface area contributed by atoms with E-state index in [2.05, 4.69) is 60.7 Å². The summed E-state index contributed by atoms with van der Waals surface area (Å²) in [7, 11) is 0. The summed E-state index contributed by atoms with van der Waals surface area (Å²) in [6.45, 7) is 0. The van der Waals surface area contributed by atoms with E-state index in [0.717, 1.165) is 6.42 Å². The Labute approximate surface area is 98.0 Å². The van der Waals surface area contributed by atoms with Crippen LogP contribution < -0.4 is 0 Å². The summed E-state index contributed by atoms with van der Waals surface area (Å²) in [6.07, 6.45) is 15.7. The summed E-state index contributed by atoms with van der Waals surface area (Å²) in [5.74, 6) is 0. The number of allylic oxidation sites excluding steroid dienone is 6. The van der Waals surface area contributed by atoms with E-state index in [1.165, 1.54) is 30.4 Å². The molecule has 82 valence electrons. The predicted molar refractivity (Wildman–Crippen MR) is 70.4 cm³/mol. The van der Waals surface area contributed by atoms with Crippen LogP contribution in [0.3, 0.4) is 0 Å². The van der Waals surface area contributed by atoms with Crippen LogP contribution in [0.5, 0.6) is 0 Å². The molecule has 1 aromatic rings. The van der Waals surface area contributed by atoms with Crippen LogP contribution >= 0.6 is 0 Å². The van der Waals surface area contributed by atoms with E-state index in [-0.39, 0.29) is 0 Å². The summed E-state index contributed by atoms with van der Waals surface area (Å²) in [6, 6.07) is 10.7. The zero-order chi connectivity index (χ0) is 11.1. The molecule has 0 fully saturated rings. The van der Waals surface area contributed by atoms with Gasteiger partial charge in [-0.3, -0.25) is 0 Å². The van der Waals surface area contributed by atoms with Crippen LogP contribution in [0, 0.1) is 0 Å². The third kappa shape index (κ3) is 3.54. The van der Waals surface area contributed by atoms with Crippen molar-refractivity contribution in [2.24, 2.45) is 0 Å². The van der Waals surface area contributed by atoms with Gasteiger partial charge in [0.15, 0.2) is 0 Å². The summed E-state index contributed by atoms with van der Waals surface area (Å²) < 4.78 is 0. The minimum Gasteiger partial charge on any atom is -0.0807 e. The molecule has 0 saturated carbocycles. The smallest absolute Gasteiger partial charge is 0.0160 e. The minimum atomic E-state index is 1.08. The van der Waals surface area contributed by atoms with Crippen molar-refractivity contribution in [2.75, 3.05) is 0 Å². The van der Waals surface area contributed by atoms with E-state index in [0.29, 0.717) is 0 Å². The van der Waals surface area contributed by atoms with Crippen LogP contribution in [0.15, 0.2) is 66.3 Å². The maximum atomic E-state index is 2.32. The van der Waals surface area contributed by atoms with E-state index in [1.54, 1.807) is 0 Å². The molecule has 16 heavy (non-hydrogen) atoms. The molecule has 0 radical (unpaired) electrons. The lowest BCUT2D eigenvalue weighted by molar-refractivity contribution is 0.822. The number of rotatable bonds is 4. The van der Waals surface area contributed by atoms with Gasteiger partial charge in [0.25, 0.3) is 0 Å². The van der Waals surface area contributed by atoms with E-state index in [1.807, 2.05) is 0 Å². The Morgan fingerprint density at radius 1 is 0.938 bits per heavy atom. The van der Waals surface area contributed by atoms with E-state index in [4.69, 9.17) is 0 Å². The third-order valence-corrected chi connectivity index (χ3v) is 2.85. The quantitative estimate of drug-likeness (QED) is 0.688. The fraction of sp³-hybridized carbons (Fsp3) is 0.250. The van der Waals surface area contributed by atoms with Crippen LogP contribution in [0.4, 0.5) is 0 Å².